The van der Waals surface area contributed by atoms with Gasteiger partial charge in [-0.25, -0.2) is 9.97 Å². The first kappa shape index (κ1) is 10.8. The molecule has 0 saturated heterocycles. The zero-order chi connectivity index (χ0) is 11.4. The summed E-state index contributed by atoms with van der Waals surface area (Å²) in [6.45, 7) is 4.11. The summed E-state index contributed by atoms with van der Waals surface area (Å²) in [5, 5.41) is 0. The van der Waals surface area contributed by atoms with Crippen molar-refractivity contribution in [3.05, 3.63) is 59.2 Å². The van der Waals surface area contributed by atoms with E-state index in [1.807, 2.05) is 19.3 Å². The van der Waals surface area contributed by atoms with E-state index in [1.54, 1.807) is 0 Å². The molecule has 0 aliphatic heterocycles. The molecule has 0 amide bonds. The van der Waals surface area contributed by atoms with Gasteiger partial charge in [-0.15, -0.1) is 0 Å². The number of benzene rings is 1. The van der Waals surface area contributed by atoms with Crippen molar-refractivity contribution < 1.29 is 0 Å². The summed E-state index contributed by atoms with van der Waals surface area (Å²) in [6.07, 6.45) is 5.65. The van der Waals surface area contributed by atoms with Crippen molar-refractivity contribution in [1.82, 2.24) is 9.97 Å². The quantitative estimate of drug-likeness (QED) is 0.781. The van der Waals surface area contributed by atoms with Crippen LogP contribution in [-0.4, -0.2) is 9.97 Å². The van der Waals surface area contributed by atoms with Crippen LogP contribution in [-0.2, 0) is 12.8 Å². The van der Waals surface area contributed by atoms with Gasteiger partial charge in [-0.2, -0.15) is 0 Å². The van der Waals surface area contributed by atoms with Crippen molar-refractivity contribution in [3.63, 3.8) is 0 Å². The van der Waals surface area contributed by atoms with Crippen molar-refractivity contribution in [3.8, 4) is 0 Å². The molecule has 0 radical (unpaired) electrons. The fourth-order valence-electron chi connectivity index (χ4n) is 1.56. The summed E-state index contributed by atoms with van der Waals surface area (Å²) in [6, 6.07) is 8.63. The molecule has 2 rings (SSSR count). The van der Waals surface area contributed by atoms with Gasteiger partial charge in [0.2, 0.25) is 0 Å². The number of aryl methyl sites for hydroxylation is 4. The van der Waals surface area contributed by atoms with Gasteiger partial charge < -0.3 is 0 Å². The molecule has 0 aliphatic carbocycles. The van der Waals surface area contributed by atoms with Crippen molar-refractivity contribution in [2.45, 2.75) is 26.7 Å². The highest BCUT2D eigenvalue weighted by molar-refractivity contribution is 5.21. The molecular weight excluding hydrogens is 196 g/mol. The fourth-order valence-corrected chi connectivity index (χ4v) is 1.56. The lowest BCUT2D eigenvalue weighted by atomic mass is 10.1. The maximum atomic E-state index is 4.30. The molecule has 0 aliphatic rings. The van der Waals surface area contributed by atoms with E-state index in [0.29, 0.717) is 0 Å². The standard InChI is InChI=1S/C14H16N2/c1-11-3-5-13(6-4-11)7-8-14-15-9-12(2)10-16-14/h3-6,9-10H,7-8H2,1-2H3. The number of hydrogen-bond acceptors (Lipinski definition) is 2. The summed E-state index contributed by atoms with van der Waals surface area (Å²) in [5.74, 6) is 0.922. The molecule has 0 bridgehead atoms. The lowest BCUT2D eigenvalue weighted by Gasteiger charge is -2.01. The molecule has 1 aromatic carbocycles. The van der Waals surface area contributed by atoms with Crippen molar-refractivity contribution in [2.75, 3.05) is 0 Å². The minimum absolute atomic E-state index is 0.906. The van der Waals surface area contributed by atoms with Gasteiger partial charge in [-0.1, -0.05) is 29.8 Å². The topological polar surface area (TPSA) is 25.8 Å². The first-order valence-electron chi connectivity index (χ1n) is 5.57. The van der Waals surface area contributed by atoms with E-state index in [4.69, 9.17) is 0 Å². The zero-order valence-corrected chi connectivity index (χ0v) is 9.77. The predicted octanol–water partition coefficient (Wildman–Crippen LogP) is 2.88. The van der Waals surface area contributed by atoms with Crippen molar-refractivity contribution in [1.29, 1.82) is 0 Å². The molecule has 0 unspecified atom stereocenters. The van der Waals surface area contributed by atoms with Crippen LogP contribution < -0.4 is 0 Å². The van der Waals surface area contributed by atoms with E-state index in [2.05, 4.69) is 41.2 Å². The molecular formula is C14H16N2. The third-order valence-corrected chi connectivity index (χ3v) is 2.59. The first-order chi connectivity index (χ1) is 7.74. The second kappa shape index (κ2) is 4.88. The Bertz CT molecular complexity index is 398. The molecule has 1 heterocycles. The van der Waals surface area contributed by atoms with Crippen LogP contribution in [0.2, 0.25) is 0 Å². The maximum absolute atomic E-state index is 4.30. The Kier molecular flexibility index (Phi) is 3.30. The molecule has 2 heteroatoms. The van der Waals surface area contributed by atoms with E-state index >= 15 is 0 Å². The van der Waals surface area contributed by atoms with E-state index in [-0.39, 0.29) is 0 Å². The van der Waals surface area contributed by atoms with Crippen LogP contribution in [0.4, 0.5) is 0 Å². The highest BCUT2D eigenvalue weighted by Crippen LogP contribution is 2.06. The van der Waals surface area contributed by atoms with Crippen LogP contribution in [0.5, 0.6) is 0 Å². The normalized spacial score (nSPS) is 10.4. The Hall–Kier alpha value is -1.70. The second-order valence-corrected chi connectivity index (χ2v) is 4.16. The molecule has 1 aromatic heterocycles. The molecule has 82 valence electrons. The summed E-state index contributed by atoms with van der Waals surface area (Å²) in [4.78, 5) is 8.60. The Morgan fingerprint density at radius 1 is 0.812 bits per heavy atom. The monoisotopic (exact) mass is 212 g/mol. The van der Waals surface area contributed by atoms with Gasteiger partial charge in [0.15, 0.2) is 0 Å². The van der Waals surface area contributed by atoms with Crippen molar-refractivity contribution >= 4 is 0 Å². The van der Waals surface area contributed by atoms with E-state index in [9.17, 15) is 0 Å². The third-order valence-electron chi connectivity index (χ3n) is 2.59. The Balaban J connectivity index is 1.97. The fraction of sp³-hybridized carbons (Fsp3) is 0.286. The first-order valence-corrected chi connectivity index (χ1v) is 5.57. The lowest BCUT2D eigenvalue weighted by molar-refractivity contribution is 0.852. The van der Waals surface area contributed by atoms with Crippen molar-refractivity contribution in [2.24, 2.45) is 0 Å². The van der Waals surface area contributed by atoms with Crippen LogP contribution in [0.3, 0.4) is 0 Å². The molecule has 0 fully saturated rings. The van der Waals surface area contributed by atoms with Gasteiger partial charge >= 0.3 is 0 Å². The molecule has 0 atom stereocenters. The molecule has 0 N–H and O–H groups in total. The van der Waals surface area contributed by atoms with Gasteiger partial charge in [0.25, 0.3) is 0 Å². The van der Waals surface area contributed by atoms with Gasteiger partial charge in [0, 0.05) is 18.8 Å². The van der Waals surface area contributed by atoms with Gasteiger partial charge in [-0.05, 0) is 31.4 Å². The highest BCUT2D eigenvalue weighted by Gasteiger charge is 1.98. The van der Waals surface area contributed by atoms with Gasteiger partial charge in [0.1, 0.15) is 5.82 Å². The van der Waals surface area contributed by atoms with Gasteiger partial charge in [-0.3, -0.25) is 0 Å². The molecule has 16 heavy (non-hydrogen) atoms. The number of aromatic nitrogens is 2. The van der Waals surface area contributed by atoms with Gasteiger partial charge in [0.05, 0.1) is 0 Å². The van der Waals surface area contributed by atoms with E-state index < -0.39 is 0 Å². The third kappa shape index (κ3) is 2.89. The van der Waals surface area contributed by atoms with Crippen LogP contribution in [0.1, 0.15) is 22.5 Å². The van der Waals surface area contributed by atoms with Crippen LogP contribution in [0, 0.1) is 13.8 Å². The smallest absolute Gasteiger partial charge is 0.128 e. The minimum atomic E-state index is 0.906. The van der Waals surface area contributed by atoms with E-state index in [0.717, 1.165) is 24.2 Å². The van der Waals surface area contributed by atoms with Crippen LogP contribution >= 0.6 is 0 Å². The molecule has 2 aromatic rings. The SMILES string of the molecule is Cc1ccc(CCc2ncc(C)cn2)cc1. The summed E-state index contributed by atoms with van der Waals surface area (Å²) < 4.78 is 0. The Labute approximate surface area is 96.4 Å². The van der Waals surface area contributed by atoms with E-state index in [1.165, 1.54) is 11.1 Å². The number of rotatable bonds is 3. The summed E-state index contributed by atoms with van der Waals surface area (Å²) >= 11 is 0. The number of hydrogen-bond donors (Lipinski definition) is 0. The van der Waals surface area contributed by atoms with Crippen LogP contribution in [0.15, 0.2) is 36.7 Å². The summed E-state index contributed by atoms with van der Waals surface area (Å²) in [7, 11) is 0. The average molecular weight is 212 g/mol. The van der Waals surface area contributed by atoms with Crippen LogP contribution in [0.25, 0.3) is 0 Å². The largest absolute Gasteiger partial charge is 0.241 e. The summed E-state index contributed by atoms with van der Waals surface area (Å²) in [5.41, 5.74) is 3.75. The average Bonchev–Trinajstić information content (AvgIpc) is 2.30. The maximum Gasteiger partial charge on any atom is 0.128 e. The molecule has 0 saturated carbocycles. The molecule has 2 nitrogen and oxygen atoms in total. The molecule has 0 spiro atoms. The minimum Gasteiger partial charge on any atom is -0.241 e. The zero-order valence-electron chi connectivity index (χ0n) is 9.77. The Morgan fingerprint density at radius 2 is 1.44 bits per heavy atom. The number of nitrogens with zero attached hydrogens (tertiary/aromatic N) is 2. The Morgan fingerprint density at radius 3 is 2.06 bits per heavy atom. The highest BCUT2D eigenvalue weighted by atomic mass is 14.9. The second-order valence-electron chi connectivity index (χ2n) is 4.16. The lowest BCUT2D eigenvalue weighted by Crippen LogP contribution is -1.97. The predicted molar refractivity (Wildman–Crippen MR) is 65.4 cm³/mol.